The molecule has 0 saturated heterocycles. The Bertz CT molecular complexity index is 968. The number of carbonyl (C=O) groups is 2. The number of likely N-dealkylation sites (N-methyl/N-ethyl adjacent to an activating group) is 1. The van der Waals surface area contributed by atoms with Gasteiger partial charge >= 0.3 is 11.9 Å². The van der Waals surface area contributed by atoms with Crippen LogP contribution in [0.1, 0.15) is 264 Å². The van der Waals surface area contributed by atoms with Crippen LogP contribution in [0.2, 0.25) is 0 Å². The number of ether oxygens (including phenoxy) is 2. The summed E-state index contributed by atoms with van der Waals surface area (Å²) in [6.07, 6.45) is 52.2. The standard InChI is InChI=1S/C56H110ClN3O4/c1-4-6-8-10-12-13-14-21-31-39-49-60(52-46-58-3)50-40-32-22-15-16-26-34-42-54-64-56(62)44-36-28-20-18-24-30-38-48-59(51-45-57)47-37-29-23-17-19-27-35-43-55(61)63-53-41-33-25-11-9-7-5-2/h25,33,58H,4-24,26-32,34-54H2,1-3H3/b33-25-. The first-order chi connectivity index (χ1) is 31.6. The van der Waals surface area contributed by atoms with Crippen LogP contribution in [-0.4, -0.2) is 93.7 Å². The molecule has 64 heavy (non-hydrogen) atoms. The predicted octanol–water partition coefficient (Wildman–Crippen LogP) is 15.9. The van der Waals surface area contributed by atoms with Gasteiger partial charge in [0.25, 0.3) is 0 Å². The highest BCUT2D eigenvalue weighted by atomic mass is 35.5. The molecule has 0 fully saturated rings. The van der Waals surface area contributed by atoms with Crippen LogP contribution in [-0.2, 0) is 19.1 Å². The van der Waals surface area contributed by atoms with E-state index in [1.165, 1.54) is 212 Å². The zero-order chi connectivity index (χ0) is 46.5. The van der Waals surface area contributed by atoms with Gasteiger partial charge in [-0.05, 0) is 97.4 Å². The highest BCUT2D eigenvalue weighted by molar-refractivity contribution is 6.18. The van der Waals surface area contributed by atoms with Gasteiger partial charge in [-0.2, -0.15) is 0 Å². The van der Waals surface area contributed by atoms with Gasteiger partial charge in [-0.15, -0.1) is 11.6 Å². The number of hydrogen-bond donors (Lipinski definition) is 1. The van der Waals surface area contributed by atoms with Gasteiger partial charge in [0, 0.05) is 38.4 Å². The van der Waals surface area contributed by atoms with E-state index in [2.05, 4.69) is 48.2 Å². The molecule has 0 spiro atoms. The maximum Gasteiger partial charge on any atom is 0.305 e. The lowest BCUT2D eigenvalue weighted by molar-refractivity contribution is -0.144. The molecule has 0 rings (SSSR count). The van der Waals surface area contributed by atoms with Crippen molar-refractivity contribution in [1.29, 1.82) is 0 Å². The molecule has 7 nitrogen and oxygen atoms in total. The molecule has 380 valence electrons. The Labute approximate surface area is 404 Å². The van der Waals surface area contributed by atoms with Gasteiger partial charge in [-0.25, -0.2) is 0 Å². The van der Waals surface area contributed by atoms with E-state index in [-0.39, 0.29) is 11.9 Å². The normalized spacial score (nSPS) is 11.8. The first kappa shape index (κ1) is 62.8. The van der Waals surface area contributed by atoms with Gasteiger partial charge < -0.3 is 24.6 Å². The summed E-state index contributed by atoms with van der Waals surface area (Å²) < 4.78 is 10.9. The number of carbonyl (C=O) groups excluding carboxylic acids is 2. The molecular weight excluding hydrogens is 814 g/mol. The highest BCUT2D eigenvalue weighted by Crippen LogP contribution is 2.15. The summed E-state index contributed by atoms with van der Waals surface area (Å²) in [6, 6.07) is 0. The minimum Gasteiger partial charge on any atom is -0.466 e. The summed E-state index contributed by atoms with van der Waals surface area (Å²) in [7, 11) is 2.07. The minimum atomic E-state index is -0.0392. The van der Waals surface area contributed by atoms with E-state index in [0.717, 1.165) is 71.1 Å². The molecule has 0 heterocycles. The van der Waals surface area contributed by atoms with Crippen LogP contribution in [0.3, 0.4) is 0 Å². The lowest BCUT2D eigenvalue weighted by atomic mass is 10.1. The zero-order valence-corrected chi connectivity index (χ0v) is 44.0. The second kappa shape index (κ2) is 54.5. The third kappa shape index (κ3) is 50.3. The molecule has 0 aliphatic rings. The smallest absolute Gasteiger partial charge is 0.305 e. The SMILES string of the molecule is CCCCC/C=C\CCOC(=O)CCCCCCCCCN(CCCl)CCCCCCCCCC(=O)OCCCCCCCCCCN(CCCCCCCCCCCC)CCNC. The average Bonchev–Trinajstić information content (AvgIpc) is 3.29. The number of nitrogens with zero attached hydrogens (tertiary/aromatic N) is 2. The summed E-state index contributed by atoms with van der Waals surface area (Å²) in [4.78, 5) is 29.4. The number of esters is 2. The van der Waals surface area contributed by atoms with Crippen LogP contribution in [0.5, 0.6) is 0 Å². The minimum absolute atomic E-state index is 0.00214. The predicted molar refractivity (Wildman–Crippen MR) is 280 cm³/mol. The summed E-state index contributed by atoms with van der Waals surface area (Å²) in [5.41, 5.74) is 0. The van der Waals surface area contributed by atoms with Crippen molar-refractivity contribution in [1.82, 2.24) is 15.1 Å². The molecule has 0 aromatic rings. The second-order valence-corrected chi connectivity index (χ2v) is 19.5. The van der Waals surface area contributed by atoms with Crippen molar-refractivity contribution >= 4 is 23.5 Å². The maximum absolute atomic E-state index is 12.2. The first-order valence-corrected chi connectivity index (χ1v) is 28.7. The topological polar surface area (TPSA) is 71.1 Å². The Morgan fingerprint density at radius 1 is 0.406 bits per heavy atom. The molecule has 0 aromatic heterocycles. The van der Waals surface area contributed by atoms with Crippen molar-refractivity contribution in [2.75, 3.05) is 72.0 Å². The van der Waals surface area contributed by atoms with Gasteiger partial charge in [-0.1, -0.05) is 199 Å². The molecule has 8 heteroatoms. The van der Waals surface area contributed by atoms with E-state index in [0.29, 0.717) is 31.9 Å². The first-order valence-electron chi connectivity index (χ1n) is 28.2. The van der Waals surface area contributed by atoms with E-state index in [1.54, 1.807) is 0 Å². The molecule has 1 N–H and O–H groups in total. The van der Waals surface area contributed by atoms with Crippen LogP contribution < -0.4 is 5.32 Å². The molecular formula is C56H110ClN3O4. The Morgan fingerprint density at radius 3 is 1.17 bits per heavy atom. The van der Waals surface area contributed by atoms with Crippen molar-refractivity contribution < 1.29 is 19.1 Å². The van der Waals surface area contributed by atoms with Crippen molar-refractivity contribution in [3.8, 4) is 0 Å². The third-order valence-electron chi connectivity index (χ3n) is 12.9. The fourth-order valence-electron chi connectivity index (χ4n) is 8.68. The van der Waals surface area contributed by atoms with Crippen LogP contribution in [0.25, 0.3) is 0 Å². The maximum atomic E-state index is 12.2. The Kier molecular flexibility index (Phi) is 53.5. The van der Waals surface area contributed by atoms with Gasteiger partial charge in [0.1, 0.15) is 0 Å². The number of alkyl halides is 1. The van der Waals surface area contributed by atoms with Gasteiger partial charge in [0.2, 0.25) is 0 Å². The van der Waals surface area contributed by atoms with Crippen LogP contribution in [0, 0.1) is 0 Å². The van der Waals surface area contributed by atoms with E-state index in [1.807, 2.05) is 0 Å². The molecule has 0 aliphatic carbocycles. The Hall–Kier alpha value is -1.15. The summed E-state index contributed by atoms with van der Waals surface area (Å²) in [5, 5.41) is 3.35. The second-order valence-electron chi connectivity index (χ2n) is 19.1. The van der Waals surface area contributed by atoms with Crippen LogP contribution in [0.15, 0.2) is 12.2 Å². The fraction of sp³-hybridized carbons (Fsp3) is 0.929. The number of halogens is 1. The highest BCUT2D eigenvalue weighted by Gasteiger charge is 2.07. The Balaban J connectivity index is 3.59. The fourth-order valence-corrected chi connectivity index (χ4v) is 8.92. The molecule has 0 radical (unpaired) electrons. The third-order valence-corrected chi connectivity index (χ3v) is 13.1. The average molecular weight is 925 g/mol. The van der Waals surface area contributed by atoms with Gasteiger partial charge in [0.15, 0.2) is 0 Å². The molecule has 0 aromatic carbocycles. The van der Waals surface area contributed by atoms with Gasteiger partial charge in [-0.3, -0.25) is 9.59 Å². The van der Waals surface area contributed by atoms with Crippen molar-refractivity contribution in [2.24, 2.45) is 0 Å². The molecule has 0 aliphatic heterocycles. The Morgan fingerprint density at radius 2 is 0.750 bits per heavy atom. The molecule has 0 bridgehead atoms. The summed E-state index contributed by atoms with van der Waals surface area (Å²) in [5.74, 6) is 0.665. The number of rotatable bonds is 54. The van der Waals surface area contributed by atoms with Crippen LogP contribution >= 0.6 is 11.6 Å². The number of unbranched alkanes of at least 4 members (excludes halogenated alkanes) is 31. The number of allylic oxidation sites excluding steroid dienone is 1. The van der Waals surface area contributed by atoms with Gasteiger partial charge in [0.05, 0.1) is 13.2 Å². The van der Waals surface area contributed by atoms with Crippen LogP contribution in [0.4, 0.5) is 0 Å². The zero-order valence-electron chi connectivity index (χ0n) is 43.2. The number of hydrogen-bond acceptors (Lipinski definition) is 7. The van der Waals surface area contributed by atoms with Crippen molar-refractivity contribution in [2.45, 2.75) is 264 Å². The van der Waals surface area contributed by atoms with Crippen molar-refractivity contribution in [3.05, 3.63) is 12.2 Å². The molecule has 0 atom stereocenters. The summed E-state index contributed by atoms with van der Waals surface area (Å²) in [6.45, 7) is 13.7. The monoisotopic (exact) mass is 924 g/mol. The van der Waals surface area contributed by atoms with E-state index in [4.69, 9.17) is 21.1 Å². The molecule has 0 saturated carbocycles. The van der Waals surface area contributed by atoms with E-state index in [9.17, 15) is 9.59 Å². The molecule has 0 amide bonds. The van der Waals surface area contributed by atoms with E-state index < -0.39 is 0 Å². The lowest BCUT2D eigenvalue weighted by Crippen LogP contribution is -2.32. The largest absolute Gasteiger partial charge is 0.466 e. The quantitative estimate of drug-likeness (QED) is 0.0282. The molecule has 0 unspecified atom stereocenters. The number of nitrogens with one attached hydrogen (secondary N) is 1. The lowest BCUT2D eigenvalue weighted by Gasteiger charge is -2.22. The van der Waals surface area contributed by atoms with Crippen molar-refractivity contribution in [3.63, 3.8) is 0 Å². The van der Waals surface area contributed by atoms with E-state index >= 15 is 0 Å². The summed E-state index contributed by atoms with van der Waals surface area (Å²) >= 11 is 6.13.